The van der Waals surface area contributed by atoms with Crippen LogP contribution in [-0.4, -0.2) is 19.5 Å². The number of halogens is 1. The molecule has 0 unspecified atom stereocenters. The van der Waals surface area contributed by atoms with Crippen LogP contribution in [0.5, 0.6) is 0 Å². The number of fused-ring (bicyclic) bond motifs is 1. The summed E-state index contributed by atoms with van der Waals surface area (Å²) in [5, 5.41) is 15.1. The summed E-state index contributed by atoms with van der Waals surface area (Å²) in [5.41, 5.74) is 4.33. The Hall–Kier alpha value is -1.59. The summed E-state index contributed by atoms with van der Waals surface area (Å²) in [5.74, 6) is 0. The highest BCUT2D eigenvalue weighted by Gasteiger charge is 2.14. The van der Waals surface area contributed by atoms with Gasteiger partial charge >= 0.3 is 0 Å². The molecule has 0 saturated heterocycles. The van der Waals surface area contributed by atoms with E-state index in [0.717, 1.165) is 45.3 Å². The average molecular weight is 348 g/mol. The molecule has 1 aromatic carbocycles. The monoisotopic (exact) mass is 347 g/mol. The zero-order valence-corrected chi connectivity index (χ0v) is 13.8. The highest BCUT2D eigenvalue weighted by atomic mass is 79.9. The molecule has 0 radical (unpaired) electrons. The van der Waals surface area contributed by atoms with Crippen LogP contribution in [0.3, 0.4) is 0 Å². The van der Waals surface area contributed by atoms with E-state index >= 15 is 0 Å². The Morgan fingerprint density at radius 3 is 2.76 bits per heavy atom. The SMILES string of the molecule is CCc1nn(C)c(Cn2ccc3c(CO)cccc32)c1Br. The molecule has 0 aliphatic heterocycles. The van der Waals surface area contributed by atoms with Crippen molar-refractivity contribution in [1.82, 2.24) is 14.3 Å². The molecule has 0 spiro atoms. The van der Waals surface area contributed by atoms with E-state index in [-0.39, 0.29) is 6.61 Å². The van der Waals surface area contributed by atoms with Gasteiger partial charge in [-0.25, -0.2) is 0 Å². The lowest BCUT2D eigenvalue weighted by molar-refractivity contribution is 0.283. The van der Waals surface area contributed by atoms with Gasteiger partial charge in [0.15, 0.2) is 0 Å². The van der Waals surface area contributed by atoms with E-state index in [2.05, 4.69) is 50.8 Å². The minimum atomic E-state index is 0.0662. The lowest BCUT2D eigenvalue weighted by Crippen LogP contribution is -2.05. The second-order valence-electron chi connectivity index (χ2n) is 5.14. The Balaban J connectivity index is 2.05. The quantitative estimate of drug-likeness (QED) is 0.787. The van der Waals surface area contributed by atoms with Crippen molar-refractivity contribution in [3.8, 4) is 0 Å². The van der Waals surface area contributed by atoms with Crippen LogP contribution in [0.2, 0.25) is 0 Å². The second kappa shape index (κ2) is 5.66. The van der Waals surface area contributed by atoms with Gasteiger partial charge in [-0.1, -0.05) is 19.1 Å². The predicted octanol–water partition coefficient (Wildman–Crippen LogP) is 3.24. The summed E-state index contributed by atoms with van der Waals surface area (Å²) in [6.07, 6.45) is 2.98. The van der Waals surface area contributed by atoms with Crippen molar-refractivity contribution >= 4 is 26.8 Å². The van der Waals surface area contributed by atoms with Gasteiger partial charge in [0.05, 0.1) is 29.0 Å². The molecule has 0 aliphatic rings. The number of aliphatic hydroxyl groups is 1. The summed E-state index contributed by atoms with van der Waals surface area (Å²) >= 11 is 3.66. The summed E-state index contributed by atoms with van der Waals surface area (Å²) in [6.45, 7) is 2.93. The molecule has 3 rings (SSSR count). The Morgan fingerprint density at radius 1 is 1.29 bits per heavy atom. The maximum Gasteiger partial charge on any atom is 0.0767 e. The molecule has 3 aromatic rings. The number of aromatic nitrogens is 3. The van der Waals surface area contributed by atoms with Gasteiger partial charge in [-0.15, -0.1) is 0 Å². The van der Waals surface area contributed by atoms with Crippen LogP contribution in [0.4, 0.5) is 0 Å². The zero-order valence-electron chi connectivity index (χ0n) is 12.2. The number of nitrogens with zero attached hydrogens (tertiary/aromatic N) is 3. The molecule has 0 bridgehead atoms. The van der Waals surface area contributed by atoms with Gasteiger partial charge in [0.2, 0.25) is 0 Å². The minimum Gasteiger partial charge on any atom is -0.392 e. The summed E-state index contributed by atoms with van der Waals surface area (Å²) in [6, 6.07) is 8.09. The molecule has 1 N–H and O–H groups in total. The Labute approximate surface area is 132 Å². The zero-order chi connectivity index (χ0) is 15.0. The number of hydrogen-bond acceptors (Lipinski definition) is 2. The first-order valence-corrected chi connectivity index (χ1v) is 7.82. The summed E-state index contributed by atoms with van der Waals surface area (Å²) in [7, 11) is 1.98. The number of rotatable bonds is 4. The van der Waals surface area contributed by atoms with E-state index in [4.69, 9.17) is 0 Å². The number of benzene rings is 1. The molecule has 4 nitrogen and oxygen atoms in total. The van der Waals surface area contributed by atoms with Crippen LogP contribution in [0.25, 0.3) is 10.9 Å². The van der Waals surface area contributed by atoms with Crippen molar-refractivity contribution in [2.75, 3.05) is 0 Å². The van der Waals surface area contributed by atoms with Crippen molar-refractivity contribution in [2.24, 2.45) is 7.05 Å². The third-order valence-corrected chi connectivity index (χ3v) is 4.81. The van der Waals surface area contributed by atoms with Crippen LogP contribution >= 0.6 is 15.9 Å². The Morgan fingerprint density at radius 2 is 2.10 bits per heavy atom. The lowest BCUT2D eigenvalue weighted by Gasteiger charge is -2.08. The van der Waals surface area contributed by atoms with Crippen LogP contribution in [0.15, 0.2) is 34.9 Å². The fourth-order valence-electron chi connectivity index (χ4n) is 2.72. The van der Waals surface area contributed by atoms with Gasteiger partial charge in [-0.2, -0.15) is 5.10 Å². The fraction of sp³-hybridized carbons (Fsp3) is 0.312. The molecule has 5 heteroatoms. The van der Waals surface area contributed by atoms with Crippen molar-refractivity contribution in [3.63, 3.8) is 0 Å². The average Bonchev–Trinajstić information content (AvgIpc) is 3.03. The van der Waals surface area contributed by atoms with E-state index in [9.17, 15) is 5.11 Å². The van der Waals surface area contributed by atoms with Gasteiger partial charge in [0, 0.05) is 24.1 Å². The largest absolute Gasteiger partial charge is 0.392 e. The lowest BCUT2D eigenvalue weighted by atomic mass is 10.1. The van der Waals surface area contributed by atoms with Crippen molar-refractivity contribution in [1.29, 1.82) is 0 Å². The van der Waals surface area contributed by atoms with Gasteiger partial charge in [0.1, 0.15) is 0 Å². The highest BCUT2D eigenvalue weighted by Crippen LogP contribution is 2.25. The first-order chi connectivity index (χ1) is 10.2. The number of aliphatic hydroxyl groups excluding tert-OH is 1. The third kappa shape index (κ3) is 2.40. The highest BCUT2D eigenvalue weighted by molar-refractivity contribution is 9.10. The van der Waals surface area contributed by atoms with Gasteiger partial charge in [-0.3, -0.25) is 4.68 Å². The summed E-state index contributed by atoms with van der Waals surface area (Å²) in [4.78, 5) is 0. The smallest absolute Gasteiger partial charge is 0.0767 e. The van der Waals surface area contributed by atoms with Crippen LogP contribution in [0.1, 0.15) is 23.9 Å². The third-order valence-electron chi connectivity index (χ3n) is 3.90. The first kappa shape index (κ1) is 14.4. The maximum atomic E-state index is 9.43. The normalized spacial score (nSPS) is 11.4. The van der Waals surface area contributed by atoms with E-state index in [1.807, 2.05) is 23.9 Å². The van der Waals surface area contributed by atoms with Gasteiger partial charge in [-0.05, 0) is 40.0 Å². The maximum absolute atomic E-state index is 9.43. The number of aryl methyl sites for hydroxylation is 2. The van der Waals surface area contributed by atoms with Gasteiger partial charge < -0.3 is 9.67 Å². The standard InChI is InChI=1S/C16H18BrN3O/c1-3-13-16(17)15(19(2)18-13)9-20-8-7-12-11(10-21)5-4-6-14(12)20/h4-8,21H,3,9-10H2,1-2H3. The van der Waals surface area contributed by atoms with Crippen molar-refractivity contribution < 1.29 is 5.11 Å². The topological polar surface area (TPSA) is 43.0 Å². The molecule has 21 heavy (non-hydrogen) atoms. The van der Waals surface area contributed by atoms with E-state index in [0.29, 0.717) is 0 Å². The van der Waals surface area contributed by atoms with E-state index < -0.39 is 0 Å². The second-order valence-corrected chi connectivity index (χ2v) is 5.93. The molecule has 0 fully saturated rings. The van der Waals surface area contributed by atoms with Crippen LogP contribution < -0.4 is 0 Å². The minimum absolute atomic E-state index is 0.0662. The Kier molecular flexibility index (Phi) is 3.87. The van der Waals surface area contributed by atoms with E-state index in [1.165, 1.54) is 0 Å². The van der Waals surface area contributed by atoms with E-state index in [1.54, 1.807) is 0 Å². The van der Waals surface area contributed by atoms with Crippen molar-refractivity contribution in [2.45, 2.75) is 26.5 Å². The van der Waals surface area contributed by atoms with Crippen LogP contribution in [0, 0.1) is 0 Å². The molecule has 0 amide bonds. The molecule has 2 aromatic heterocycles. The molecule has 0 aliphatic carbocycles. The molecule has 2 heterocycles. The fourth-order valence-corrected chi connectivity index (χ4v) is 3.46. The van der Waals surface area contributed by atoms with Gasteiger partial charge in [0.25, 0.3) is 0 Å². The molecule has 0 saturated carbocycles. The Bertz CT molecular complexity index is 788. The molecular formula is C16H18BrN3O. The first-order valence-electron chi connectivity index (χ1n) is 7.03. The molecule has 110 valence electrons. The summed E-state index contributed by atoms with van der Waals surface area (Å²) < 4.78 is 5.22. The number of hydrogen-bond donors (Lipinski definition) is 1. The molecule has 0 atom stereocenters. The van der Waals surface area contributed by atoms with Crippen molar-refractivity contribution in [3.05, 3.63) is 51.9 Å². The predicted molar refractivity (Wildman–Crippen MR) is 87.2 cm³/mol. The van der Waals surface area contributed by atoms with Crippen LogP contribution in [-0.2, 0) is 26.6 Å². The molecular weight excluding hydrogens is 330 g/mol.